The Morgan fingerprint density at radius 2 is 2.06 bits per heavy atom. The van der Waals surface area contributed by atoms with E-state index >= 15 is 0 Å². The monoisotopic (exact) mass is 244 g/mol. The van der Waals surface area contributed by atoms with Crippen molar-refractivity contribution >= 4 is 11.7 Å². The third kappa shape index (κ3) is 2.80. The third-order valence-corrected chi connectivity index (χ3v) is 3.35. The highest BCUT2D eigenvalue weighted by Gasteiger charge is 2.15. The van der Waals surface area contributed by atoms with Crippen molar-refractivity contribution in [1.29, 1.82) is 5.26 Å². The largest absolute Gasteiger partial charge is 0.478 e. The number of nitriles is 1. The van der Waals surface area contributed by atoms with Gasteiger partial charge in [0.25, 0.3) is 0 Å². The molecule has 0 aromatic heterocycles. The van der Waals surface area contributed by atoms with E-state index in [0.717, 1.165) is 12.8 Å². The Labute approximate surface area is 106 Å². The van der Waals surface area contributed by atoms with Crippen molar-refractivity contribution in [3.05, 3.63) is 29.3 Å². The number of hydrogen-bond acceptors (Lipinski definition) is 3. The molecule has 0 unspecified atom stereocenters. The third-order valence-electron chi connectivity index (χ3n) is 3.35. The number of nitrogens with one attached hydrogen (secondary N) is 1. The van der Waals surface area contributed by atoms with E-state index < -0.39 is 5.97 Å². The minimum absolute atomic E-state index is 0.215. The van der Waals surface area contributed by atoms with Crippen LogP contribution in [0.15, 0.2) is 18.2 Å². The summed E-state index contributed by atoms with van der Waals surface area (Å²) in [6, 6.07) is 7.03. The van der Waals surface area contributed by atoms with Crippen LogP contribution in [-0.4, -0.2) is 17.1 Å². The molecule has 0 spiro atoms. The normalized spacial score (nSPS) is 15.9. The van der Waals surface area contributed by atoms with Gasteiger partial charge in [-0.05, 0) is 31.0 Å². The first kappa shape index (κ1) is 12.4. The summed E-state index contributed by atoms with van der Waals surface area (Å²) in [4.78, 5) is 10.9. The lowest BCUT2D eigenvalue weighted by Gasteiger charge is -2.24. The Morgan fingerprint density at radius 3 is 2.67 bits per heavy atom. The molecule has 18 heavy (non-hydrogen) atoms. The van der Waals surface area contributed by atoms with E-state index in [1.807, 2.05) is 0 Å². The van der Waals surface area contributed by atoms with Gasteiger partial charge < -0.3 is 10.4 Å². The predicted octanol–water partition coefficient (Wildman–Crippen LogP) is 3.00. The van der Waals surface area contributed by atoms with Crippen molar-refractivity contribution in [3.8, 4) is 6.07 Å². The second-order valence-corrected chi connectivity index (χ2v) is 4.66. The van der Waals surface area contributed by atoms with E-state index in [9.17, 15) is 4.79 Å². The molecule has 0 aliphatic heterocycles. The molecule has 1 aromatic carbocycles. The van der Waals surface area contributed by atoms with Crippen LogP contribution in [0.25, 0.3) is 0 Å². The van der Waals surface area contributed by atoms with Gasteiger partial charge in [0.2, 0.25) is 0 Å². The highest BCUT2D eigenvalue weighted by Crippen LogP contribution is 2.24. The number of rotatable bonds is 3. The summed E-state index contributed by atoms with van der Waals surface area (Å²) < 4.78 is 0. The minimum atomic E-state index is -0.966. The highest BCUT2D eigenvalue weighted by atomic mass is 16.4. The van der Waals surface area contributed by atoms with Crippen molar-refractivity contribution < 1.29 is 9.90 Å². The Bertz CT molecular complexity index is 485. The van der Waals surface area contributed by atoms with Crippen LogP contribution in [0.4, 0.5) is 5.69 Å². The van der Waals surface area contributed by atoms with Crippen molar-refractivity contribution in [2.24, 2.45) is 0 Å². The Hall–Kier alpha value is -2.02. The number of carbonyl (C=O) groups is 1. The smallest absolute Gasteiger partial charge is 0.335 e. The molecule has 94 valence electrons. The first-order chi connectivity index (χ1) is 8.70. The van der Waals surface area contributed by atoms with Crippen LogP contribution in [0, 0.1) is 11.3 Å². The maximum atomic E-state index is 10.9. The van der Waals surface area contributed by atoms with Crippen molar-refractivity contribution in [2.75, 3.05) is 5.32 Å². The van der Waals surface area contributed by atoms with Gasteiger partial charge in [-0.15, -0.1) is 0 Å². The average Bonchev–Trinajstić information content (AvgIpc) is 2.39. The summed E-state index contributed by atoms with van der Waals surface area (Å²) in [5.41, 5.74) is 1.36. The van der Waals surface area contributed by atoms with Gasteiger partial charge in [0.15, 0.2) is 0 Å². The molecule has 1 aliphatic carbocycles. The summed E-state index contributed by atoms with van der Waals surface area (Å²) in [5, 5.41) is 21.3. The molecule has 0 atom stereocenters. The molecule has 0 saturated heterocycles. The molecule has 0 bridgehead atoms. The van der Waals surface area contributed by atoms with E-state index in [0.29, 0.717) is 17.3 Å². The van der Waals surface area contributed by atoms with Gasteiger partial charge in [0, 0.05) is 6.04 Å². The van der Waals surface area contributed by atoms with Crippen LogP contribution < -0.4 is 5.32 Å². The first-order valence-corrected chi connectivity index (χ1v) is 6.24. The van der Waals surface area contributed by atoms with Gasteiger partial charge >= 0.3 is 5.97 Å². The van der Waals surface area contributed by atoms with Gasteiger partial charge in [0.05, 0.1) is 16.8 Å². The number of carboxylic acid groups (broad SMARTS) is 1. The Morgan fingerprint density at radius 1 is 1.33 bits per heavy atom. The Balaban J connectivity index is 2.21. The molecule has 2 N–H and O–H groups in total. The summed E-state index contributed by atoms with van der Waals surface area (Å²) in [6.07, 6.45) is 5.82. The lowest BCUT2D eigenvalue weighted by Crippen LogP contribution is -2.22. The molecule has 0 radical (unpaired) electrons. The lowest BCUT2D eigenvalue weighted by atomic mass is 9.95. The number of aromatic carboxylic acids is 1. The zero-order valence-corrected chi connectivity index (χ0v) is 10.1. The quantitative estimate of drug-likeness (QED) is 0.857. The fourth-order valence-corrected chi connectivity index (χ4v) is 2.36. The fraction of sp³-hybridized carbons (Fsp3) is 0.429. The predicted molar refractivity (Wildman–Crippen MR) is 68.6 cm³/mol. The minimum Gasteiger partial charge on any atom is -0.478 e. The molecule has 0 amide bonds. The topological polar surface area (TPSA) is 73.1 Å². The first-order valence-electron chi connectivity index (χ1n) is 6.24. The van der Waals surface area contributed by atoms with Crippen LogP contribution in [-0.2, 0) is 0 Å². The van der Waals surface area contributed by atoms with Crippen LogP contribution in [0.3, 0.4) is 0 Å². The van der Waals surface area contributed by atoms with Crippen LogP contribution >= 0.6 is 0 Å². The van der Waals surface area contributed by atoms with E-state index in [-0.39, 0.29) is 5.56 Å². The summed E-state index contributed by atoms with van der Waals surface area (Å²) >= 11 is 0. The van der Waals surface area contributed by atoms with E-state index in [1.165, 1.54) is 25.3 Å². The molecule has 1 fully saturated rings. The molecule has 1 aliphatic rings. The van der Waals surface area contributed by atoms with Gasteiger partial charge in [0.1, 0.15) is 6.07 Å². The number of hydrogen-bond donors (Lipinski definition) is 2. The number of benzene rings is 1. The van der Waals surface area contributed by atoms with Gasteiger partial charge in [-0.25, -0.2) is 4.79 Å². The second-order valence-electron chi connectivity index (χ2n) is 4.66. The summed E-state index contributed by atoms with van der Waals surface area (Å²) in [6.45, 7) is 0. The molecule has 4 heteroatoms. The molecule has 1 aromatic rings. The highest BCUT2D eigenvalue weighted by molar-refractivity contribution is 5.89. The van der Waals surface area contributed by atoms with Gasteiger partial charge in [-0.1, -0.05) is 19.3 Å². The number of anilines is 1. The maximum absolute atomic E-state index is 10.9. The molecule has 0 heterocycles. The zero-order chi connectivity index (χ0) is 13.0. The standard InChI is InChI=1S/C14H16N2O2/c15-9-11-7-6-10(14(17)18)8-13(11)16-12-4-2-1-3-5-12/h6-8,12,16H,1-5H2,(H,17,18). The SMILES string of the molecule is N#Cc1ccc(C(=O)O)cc1NC1CCCCC1. The maximum Gasteiger partial charge on any atom is 0.335 e. The van der Waals surface area contributed by atoms with E-state index in [1.54, 1.807) is 12.1 Å². The van der Waals surface area contributed by atoms with Crippen LogP contribution in [0.5, 0.6) is 0 Å². The van der Waals surface area contributed by atoms with E-state index in [2.05, 4.69) is 11.4 Å². The molecule has 1 saturated carbocycles. The molecule has 4 nitrogen and oxygen atoms in total. The van der Waals surface area contributed by atoms with E-state index in [4.69, 9.17) is 10.4 Å². The number of nitrogens with zero attached hydrogens (tertiary/aromatic N) is 1. The summed E-state index contributed by atoms with van der Waals surface area (Å²) in [5.74, 6) is -0.966. The Kier molecular flexibility index (Phi) is 3.83. The number of carboxylic acids is 1. The van der Waals surface area contributed by atoms with Crippen molar-refractivity contribution in [2.45, 2.75) is 38.1 Å². The van der Waals surface area contributed by atoms with Crippen molar-refractivity contribution in [3.63, 3.8) is 0 Å². The molecular formula is C14H16N2O2. The zero-order valence-electron chi connectivity index (χ0n) is 10.1. The van der Waals surface area contributed by atoms with Gasteiger partial charge in [-0.3, -0.25) is 0 Å². The lowest BCUT2D eigenvalue weighted by molar-refractivity contribution is 0.0697. The van der Waals surface area contributed by atoms with Crippen molar-refractivity contribution in [1.82, 2.24) is 0 Å². The fourth-order valence-electron chi connectivity index (χ4n) is 2.36. The van der Waals surface area contributed by atoms with Crippen LogP contribution in [0.1, 0.15) is 48.0 Å². The average molecular weight is 244 g/mol. The second kappa shape index (κ2) is 5.54. The van der Waals surface area contributed by atoms with Gasteiger partial charge in [-0.2, -0.15) is 5.26 Å². The molecular weight excluding hydrogens is 228 g/mol. The molecule has 2 rings (SSSR count). The summed E-state index contributed by atoms with van der Waals surface area (Å²) in [7, 11) is 0. The van der Waals surface area contributed by atoms with Crippen LogP contribution in [0.2, 0.25) is 0 Å².